The van der Waals surface area contributed by atoms with Gasteiger partial charge in [0.1, 0.15) is 23.3 Å². The molecule has 1 aliphatic rings. The lowest BCUT2D eigenvalue weighted by molar-refractivity contribution is 0.00513. The van der Waals surface area contributed by atoms with E-state index in [-0.39, 0.29) is 36.5 Å². The Balaban J connectivity index is 1.70. The molecule has 1 aromatic carbocycles. The minimum Gasteiger partial charge on any atom is -0.507 e. The molecule has 1 aliphatic heterocycles. The number of fused-ring (bicyclic) bond motifs is 1. The van der Waals surface area contributed by atoms with Crippen LogP contribution in [0, 0.1) is 5.82 Å². The van der Waals surface area contributed by atoms with Crippen LogP contribution in [-0.2, 0) is 16.0 Å². The summed E-state index contributed by atoms with van der Waals surface area (Å²) in [6.45, 7) is 6.31. The van der Waals surface area contributed by atoms with Gasteiger partial charge in [-0.3, -0.25) is 9.69 Å². The fraction of sp³-hybridized carbons (Fsp3) is 0.423. The number of nitrogens with zero attached hydrogens (tertiary/aromatic N) is 3. The van der Waals surface area contributed by atoms with E-state index in [1.54, 1.807) is 45.0 Å². The van der Waals surface area contributed by atoms with Gasteiger partial charge >= 0.3 is 6.09 Å². The van der Waals surface area contributed by atoms with E-state index >= 15 is 4.39 Å². The zero-order chi connectivity index (χ0) is 26.7. The number of pyridine rings is 2. The summed E-state index contributed by atoms with van der Waals surface area (Å²) in [6, 6.07) is 9.44. The first-order valence-electron chi connectivity index (χ1n) is 11.9. The van der Waals surface area contributed by atoms with Crippen molar-refractivity contribution in [3.8, 4) is 11.6 Å². The molecule has 1 saturated heterocycles. The molecular formula is C26H29ClFN3O6. The van der Waals surface area contributed by atoms with Crippen molar-refractivity contribution in [2.24, 2.45) is 0 Å². The van der Waals surface area contributed by atoms with E-state index in [2.05, 4.69) is 4.98 Å². The maximum atomic E-state index is 15.3. The molecule has 9 nitrogen and oxygen atoms in total. The lowest BCUT2D eigenvalue weighted by Crippen LogP contribution is -2.47. The monoisotopic (exact) mass is 533 g/mol. The summed E-state index contributed by atoms with van der Waals surface area (Å²) in [4.78, 5) is 31.1. The van der Waals surface area contributed by atoms with E-state index < -0.39 is 40.0 Å². The molecule has 0 aliphatic carbocycles. The third kappa shape index (κ3) is 6.14. The molecule has 2 aromatic heterocycles. The normalized spacial score (nSPS) is 16.5. The lowest BCUT2D eigenvalue weighted by atomic mass is 10.2. The number of hydrogen-bond donors (Lipinski definition) is 1. The average molecular weight is 534 g/mol. The van der Waals surface area contributed by atoms with Gasteiger partial charge < -0.3 is 23.9 Å². The van der Waals surface area contributed by atoms with Crippen LogP contribution in [0.4, 0.5) is 9.18 Å². The second-order valence-electron chi connectivity index (χ2n) is 9.75. The smallest absolute Gasteiger partial charge is 0.410 e. The number of hydrogen-bond acceptors (Lipinski definition) is 7. The quantitative estimate of drug-likeness (QED) is 0.486. The van der Waals surface area contributed by atoms with Gasteiger partial charge in [-0.15, -0.1) is 0 Å². The van der Waals surface area contributed by atoms with Crippen LogP contribution in [0.2, 0.25) is 5.15 Å². The van der Waals surface area contributed by atoms with Crippen molar-refractivity contribution < 1.29 is 28.5 Å². The van der Waals surface area contributed by atoms with E-state index in [4.69, 9.17) is 25.8 Å². The van der Waals surface area contributed by atoms with E-state index in [9.17, 15) is 14.7 Å². The van der Waals surface area contributed by atoms with Crippen LogP contribution < -0.4 is 10.3 Å². The summed E-state index contributed by atoms with van der Waals surface area (Å²) < 4.78 is 33.5. The first-order chi connectivity index (χ1) is 17.5. The molecule has 0 spiro atoms. The number of ether oxygens (including phenoxy) is 3. The topological polar surface area (TPSA) is 103 Å². The van der Waals surface area contributed by atoms with Crippen LogP contribution in [0.1, 0.15) is 32.8 Å². The van der Waals surface area contributed by atoms with Crippen molar-refractivity contribution in [1.29, 1.82) is 0 Å². The second-order valence-corrected chi connectivity index (χ2v) is 10.1. The Morgan fingerprint density at radius 2 is 2.03 bits per heavy atom. The van der Waals surface area contributed by atoms with Gasteiger partial charge in [-0.25, -0.2) is 9.18 Å². The average Bonchev–Trinajstić information content (AvgIpc) is 3.07. The second kappa shape index (κ2) is 10.9. The number of aromatic hydroxyl groups is 1. The van der Waals surface area contributed by atoms with E-state index in [1.165, 1.54) is 9.47 Å². The van der Waals surface area contributed by atoms with Crippen molar-refractivity contribution in [3.63, 3.8) is 0 Å². The van der Waals surface area contributed by atoms with Crippen molar-refractivity contribution in [2.45, 2.75) is 45.4 Å². The molecule has 4 rings (SSSR count). The van der Waals surface area contributed by atoms with E-state index in [1.807, 2.05) is 6.07 Å². The maximum Gasteiger partial charge on any atom is 0.410 e. The molecule has 3 aromatic rings. The van der Waals surface area contributed by atoms with Gasteiger partial charge in [-0.1, -0.05) is 41.9 Å². The predicted octanol–water partition coefficient (Wildman–Crippen LogP) is 4.35. The third-order valence-corrected chi connectivity index (χ3v) is 6.00. The Hall–Kier alpha value is -3.37. The molecule has 0 saturated carbocycles. The van der Waals surface area contributed by atoms with Gasteiger partial charge in [0.05, 0.1) is 24.7 Å². The van der Waals surface area contributed by atoms with Crippen molar-refractivity contribution in [2.75, 3.05) is 26.4 Å². The fourth-order valence-electron chi connectivity index (χ4n) is 4.09. The van der Waals surface area contributed by atoms with Gasteiger partial charge in [0.2, 0.25) is 5.88 Å². The Kier molecular flexibility index (Phi) is 7.89. The number of carbonyl (C=O) groups excluding carboxylic acids is 1. The summed E-state index contributed by atoms with van der Waals surface area (Å²) in [7, 11) is 0. The predicted molar refractivity (Wildman–Crippen MR) is 136 cm³/mol. The number of aromatic nitrogens is 2. The van der Waals surface area contributed by atoms with Crippen molar-refractivity contribution >= 4 is 28.6 Å². The highest BCUT2D eigenvalue weighted by Crippen LogP contribution is 2.35. The van der Waals surface area contributed by atoms with Gasteiger partial charge in [-0.2, -0.15) is 4.98 Å². The molecule has 0 unspecified atom stereocenters. The first kappa shape index (κ1) is 26.7. The molecule has 3 heterocycles. The fourth-order valence-corrected chi connectivity index (χ4v) is 4.26. The molecule has 198 valence electrons. The number of halogens is 2. The Bertz CT molecular complexity index is 1340. The minimum atomic E-state index is -0.957. The first-order valence-corrected chi connectivity index (χ1v) is 12.3. The van der Waals surface area contributed by atoms with Crippen LogP contribution in [0.5, 0.6) is 11.6 Å². The van der Waals surface area contributed by atoms with Crippen molar-refractivity contribution in [1.82, 2.24) is 14.5 Å². The summed E-state index contributed by atoms with van der Waals surface area (Å²) in [6.07, 6.45) is 0.104. The highest BCUT2D eigenvalue weighted by atomic mass is 35.5. The largest absolute Gasteiger partial charge is 0.507 e. The van der Waals surface area contributed by atoms with Gasteiger partial charge in [0, 0.05) is 19.2 Å². The van der Waals surface area contributed by atoms with Gasteiger partial charge in [0.15, 0.2) is 11.0 Å². The zero-order valence-corrected chi connectivity index (χ0v) is 21.6. The van der Waals surface area contributed by atoms with Gasteiger partial charge in [-0.05, 0) is 32.8 Å². The number of benzene rings is 1. The molecular weight excluding hydrogens is 505 g/mol. The van der Waals surface area contributed by atoms with Crippen LogP contribution in [0.25, 0.3) is 10.9 Å². The number of amides is 1. The molecule has 1 amide bonds. The number of rotatable bonds is 5. The Labute approximate surface area is 218 Å². The maximum absolute atomic E-state index is 15.3. The zero-order valence-electron chi connectivity index (χ0n) is 20.9. The number of carbonyl (C=O) groups is 1. The molecule has 0 bridgehead atoms. The standard InChI is InChI=1S/C26H29ClFN3O6/c1-26(2,3)37-25(34)30-10-7-11-35-14-17(30)15-36-24-20-18(32)12-19(33)31(13-16-8-5-4-6-9-16)22(20)21(28)23(27)29-24/h4-6,8-9,12,17,32H,7,10-11,13-15H2,1-3H3/t17-/m0/s1. The lowest BCUT2D eigenvalue weighted by Gasteiger charge is -2.31. The summed E-state index contributed by atoms with van der Waals surface area (Å²) in [5, 5.41) is 10.0. The van der Waals surface area contributed by atoms with Gasteiger partial charge in [0.25, 0.3) is 5.56 Å². The summed E-state index contributed by atoms with van der Waals surface area (Å²) in [5.41, 5.74) is -0.791. The molecule has 37 heavy (non-hydrogen) atoms. The summed E-state index contributed by atoms with van der Waals surface area (Å²) >= 11 is 6.10. The van der Waals surface area contributed by atoms with Crippen LogP contribution in [-0.4, -0.2) is 63.7 Å². The van der Waals surface area contributed by atoms with E-state index in [0.717, 1.165) is 11.6 Å². The van der Waals surface area contributed by atoms with Crippen LogP contribution in [0.3, 0.4) is 0 Å². The van der Waals surface area contributed by atoms with Crippen LogP contribution in [0.15, 0.2) is 41.2 Å². The molecule has 0 radical (unpaired) electrons. The van der Waals surface area contributed by atoms with Crippen molar-refractivity contribution in [3.05, 3.63) is 63.3 Å². The SMILES string of the molecule is CC(C)(C)OC(=O)N1CCCOC[C@H]1COc1nc(Cl)c(F)c2c1c(O)cc(=O)n2Cc1ccccc1. The highest BCUT2D eigenvalue weighted by Gasteiger charge is 2.31. The highest BCUT2D eigenvalue weighted by molar-refractivity contribution is 6.30. The minimum absolute atomic E-state index is 0.0377. The third-order valence-electron chi connectivity index (χ3n) is 5.75. The van der Waals surface area contributed by atoms with E-state index in [0.29, 0.717) is 19.6 Å². The van der Waals surface area contributed by atoms with Crippen LogP contribution >= 0.6 is 11.6 Å². The Morgan fingerprint density at radius 1 is 1.30 bits per heavy atom. The molecule has 11 heteroatoms. The summed E-state index contributed by atoms with van der Waals surface area (Å²) in [5.74, 6) is -1.63. The molecule has 1 fully saturated rings. The Morgan fingerprint density at radius 3 is 2.73 bits per heavy atom. The molecule has 1 atom stereocenters. The molecule has 1 N–H and O–H groups in total.